The summed E-state index contributed by atoms with van der Waals surface area (Å²) in [6.07, 6.45) is 3.12. The molecule has 0 aliphatic carbocycles. The topological polar surface area (TPSA) is 55.1 Å². The lowest BCUT2D eigenvalue weighted by molar-refractivity contribution is -0.111. The van der Waals surface area contributed by atoms with E-state index in [9.17, 15) is 4.79 Å². The van der Waals surface area contributed by atoms with Gasteiger partial charge >= 0.3 is 0 Å². The van der Waals surface area contributed by atoms with E-state index in [1.54, 1.807) is 17.4 Å². The van der Waals surface area contributed by atoms with Gasteiger partial charge in [-0.2, -0.15) is 0 Å². The molecule has 0 saturated heterocycles. The molecule has 0 saturated carbocycles. The standard InChI is InChI=1S/C28H21ClN2O2S/c1-17-7-9-19(15-22(17)29)25-13-11-21(33-25)12-14-27(32)30-24-16-20(10-8-18(24)2)28-31-23-5-3-4-6-26(23)34-28/h3-16H,1-2H3,(H,30,32). The normalized spacial score (nSPS) is 11.4. The first-order valence-electron chi connectivity index (χ1n) is 10.8. The second-order valence-corrected chi connectivity index (χ2v) is 9.44. The molecule has 0 atom stereocenters. The van der Waals surface area contributed by atoms with Crippen molar-refractivity contribution in [3.63, 3.8) is 0 Å². The van der Waals surface area contributed by atoms with Gasteiger partial charge in [0, 0.05) is 27.9 Å². The zero-order valence-corrected chi connectivity index (χ0v) is 20.2. The van der Waals surface area contributed by atoms with E-state index in [0.29, 0.717) is 16.5 Å². The number of hydrogen-bond donors (Lipinski definition) is 1. The van der Waals surface area contributed by atoms with Crippen molar-refractivity contribution in [2.75, 3.05) is 5.32 Å². The summed E-state index contributed by atoms with van der Waals surface area (Å²) in [6, 6.07) is 23.5. The molecule has 6 heteroatoms. The van der Waals surface area contributed by atoms with Crippen molar-refractivity contribution in [1.29, 1.82) is 0 Å². The lowest BCUT2D eigenvalue weighted by atomic mass is 10.1. The summed E-state index contributed by atoms with van der Waals surface area (Å²) < 4.78 is 7.00. The van der Waals surface area contributed by atoms with Crippen LogP contribution in [0.4, 0.5) is 5.69 Å². The number of fused-ring (bicyclic) bond motifs is 1. The first-order valence-corrected chi connectivity index (χ1v) is 12.0. The van der Waals surface area contributed by atoms with E-state index in [0.717, 1.165) is 43.2 Å². The fraction of sp³-hybridized carbons (Fsp3) is 0.0714. The number of carbonyl (C=O) groups excluding carboxylic acids is 1. The summed E-state index contributed by atoms with van der Waals surface area (Å²) in [4.78, 5) is 17.3. The van der Waals surface area contributed by atoms with Gasteiger partial charge in [0.05, 0.1) is 10.2 Å². The number of amides is 1. The van der Waals surface area contributed by atoms with Crippen LogP contribution in [0.1, 0.15) is 16.9 Å². The maximum absolute atomic E-state index is 12.6. The number of nitrogens with one attached hydrogen (secondary N) is 1. The third-order valence-corrected chi connectivity index (χ3v) is 7.01. The SMILES string of the molecule is Cc1ccc(-c2ccc(C=CC(=O)Nc3cc(-c4nc5ccccc5s4)ccc3C)o2)cc1Cl. The van der Waals surface area contributed by atoms with E-state index in [-0.39, 0.29) is 5.91 Å². The van der Waals surface area contributed by atoms with Crippen molar-refractivity contribution in [2.45, 2.75) is 13.8 Å². The fourth-order valence-electron chi connectivity index (χ4n) is 3.56. The Morgan fingerprint density at radius 3 is 2.59 bits per heavy atom. The molecule has 5 aromatic rings. The van der Waals surface area contributed by atoms with Gasteiger partial charge in [-0.3, -0.25) is 4.79 Å². The second-order valence-electron chi connectivity index (χ2n) is 8.01. The smallest absolute Gasteiger partial charge is 0.248 e. The number of aromatic nitrogens is 1. The largest absolute Gasteiger partial charge is 0.457 e. The highest BCUT2D eigenvalue weighted by Crippen LogP contribution is 2.32. The predicted octanol–water partition coefficient (Wildman–Crippen LogP) is 8.15. The number of halogens is 1. The molecule has 3 aromatic carbocycles. The minimum Gasteiger partial charge on any atom is -0.457 e. The van der Waals surface area contributed by atoms with Gasteiger partial charge < -0.3 is 9.73 Å². The second kappa shape index (κ2) is 9.29. The molecule has 0 radical (unpaired) electrons. The summed E-state index contributed by atoms with van der Waals surface area (Å²) in [5.41, 5.74) is 5.57. The fourth-order valence-corrected chi connectivity index (χ4v) is 4.70. The molecule has 2 heterocycles. The number of anilines is 1. The number of thiazole rings is 1. The van der Waals surface area contributed by atoms with E-state index in [4.69, 9.17) is 21.0 Å². The first kappa shape index (κ1) is 22.1. The molecule has 0 fully saturated rings. The molecule has 34 heavy (non-hydrogen) atoms. The Balaban J connectivity index is 1.31. The van der Waals surface area contributed by atoms with Crippen LogP contribution in [0, 0.1) is 13.8 Å². The molecule has 0 unspecified atom stereocenters. The Labute approximate surface area is 206 Å². The lowest BCUT2D eigenvalue weighted by Gasteiger charge is -2.08. The number of aryl methyl sites for hydroxylation is 2. The summed E-state index contributed by atoms with van der Waals surface area (Å²) in [7, 11) is 0. The quantitative estimate of drug-likeness (QED) is 0.256. The molecule has 5 rings (SSSR count). The van der Waals surface area contributed by atoms with Gasteiger partial charge in [-0.1, -0.05) is 48.0 Å². The van der Waals surface area contributed by atoms with Crippen LogP contribution in [0.5, 0.6) is 0 Å². The highest BCUT2D eigenvalue weighted by atomic mass is 35.5. The zero-order valence-electron chi connectivity index (χ0n) is 18.6. The average molecular weight is 485 g/mol. The Bertz CT molecular complexity index is 1510. The molecule has 0 aliphatic rings. The van der Waals surface area contributed by atoms with E-state index in [2.05, 4.69) is 11.4 Å². The number of carbonyl (C=O) groups is 1. The predicted molar refractivity (Wildman–Crippen MR) is 141 cm³/mol. The molecule has 168 valence electrons. The average Bonchev–Trinajstić information content (AvgIpc) is 3.48. The number of nitrogens with zero attached hydrogens (tertiary/aromatic N) is 1. The number of rotatable bonds is 5. The number of para-hydroxylation sites is 1. The number of furan rings is 1. The molecule has 1 N–H and O–H groups in total. The van der Waals surface area contributed by atoms with Crippen LogP contribution >= 0.6 is 22.9 Å². The van der Waals surface area contributed by atoms with Gasteiger partial charge in [-0.25, -0.2) is 4.98 Å². The van der Waals surface area contributed by atoms with E-state index in [1.807, 2.05) is 80.6 Å². The zero-order chi connectivity index (χ0) is 23.7. The summed E-state index contributed by atoms with van der Waals surface area (Å²) >= 11 is 7.86. The van der Waals surface area contributed by atoms with Crippen LogP contribution in [0.25, 0.3) is 38.2 Å². The van der Waals surface area contributed by atoms with E-state index in [1.165, 1.54) is 6.08 Å². The van der Waals surface area contributed by atoms with Gasteiger partial charge in [-0.15, -0.1) is 11.3 Å². The monoisotopic (exact) mass is 484 g/mol. The summed E-state index contributed by atoms with van der Waals surface area (Å²) in [6.45, 7) is 3.92. The Morgan fingerprint density at radius 1 is 0.971 bits per heavy atom. The van der Waals surface area contributed by atoms with Crippen molar-refractivity contribution in [1.82, 2.24) is 4.98 Å². The lowest BCUT2D eigenvalue weighted by Crippen LogP contribution is -2.09. The third-order valence-electron chi connectivity index (χ3n) is 5.52. The van der Waals surface area contributed by atoms with Crippen LogP contribution in [0.15, 0.2) is 83.3 Å². The number of hydrogen-bond acceptors (Lipinski definition) is 4. The van der Waals surface area contributed by atoms with Crippen molar-refractivity contribution in [3.8, 4) is 21.9 Å². The van der Waals surface area contributed by atoms with Crippen LogP contribution in [-0.2, 0) is 4.79 Å². The van der Waals surface area contributed by atoms with Gasteiger partial charge in [-0.05, 0) is 67.4 Å². The number of benzene rings is 3. The molecule has 0 bridgehead atoms. The molecule has 2 aromatic heterocycles. The minimum absolute atomic E-state index is 0.235. The van der Waals surface area contributed by atoms with Crippen molar-refractivity contribution >= 4 is 50.8 Å². The van der Waals surface area contributed by atoms with Crippen LogP contribution in [-0.4, -0.2) is 10.9 Å². The van der Waals surface area contributed by atoms with Gasteiger partial charge in [0.1, 0.15) is 16.5 Å². The van der Waals surface area contributed by atoms with E-state index < -0.39 is 0 Å². The summed E-state index contributed by atoms with van der Waals surface area (Å²) in [5, 5.41) is 4.58. The van der Waals surface area contributed by atoms with Gasteiger partial charge in [0.2, 0.25) is 5.91 Å². The molecule has 0 spiro atoms. The van der Waals surface area contributed by atoms with Crippen LogP contribution in [0.3, 0.4) is 0 Å². The van der Waals surface area contributed by atoms with Crippen molar-refractivity contribution in [3.05, 3.63) is 101 Å². The Hall–Kier alpha value is -3.67. The molecular weight excluding hydrogens is 464 g/mol. The minimum atomic E-state index is -0.235. The molecule has 1 amide bonds. The Morgan fingerprint density at radius 2 is 1.76 bits per heavy atom. The van der Waals surface area contributed by atoms with Crippen molar-refractivity contribution in [2.24, 2.45) is 0 Å². The van der Waals surface area contributed by atoms with Crippen LogP contribution < -0.4 is 5.32 Å². The van der Waals surface area contributed by atoms with Gasteiger partial charge in [0.15, 0.2) is 0 Å². The maximum Gasteiger partial charge on any atom is 0.248 e. The Kier molecular flexibility index (Phi) is 6.05. The van der Waals surface area contributed by atoms with Crippen LogP contribution in [0.2, 0.25) is 5.02 Å². The highest BCUT2D eigenvalue weighted by Gasteiger charge is 2.10. The molecular formula is C28H21ClN2O2S. The van der Waals surface area contributed by atoms with Gasteiger partial charge in [0.25, 0.3) is 0 Å². The van der Waals surface area contributed by atoms with Crippen molar-refractivity contribution < 1.29 is 9.21 Å². The first-order chi connectivity index (χ1) is 16.5. The highest BCUT2D eigenvalue weighted by molar-refractivity contribution is 7.21. The molecule has 4 nitrogen and oxygen atoms in total. The maximum atomic E-state index is 12.6. The molecule has 0 aliphatic heterocycles. The third kappa shape index (κ3) is 4.67. The van der Waals surface area contributed by atoms with E-state index >= 15 is 0 Å². The summed E-state index contributed by atoms with van der Waals surface area (Å²) in [5.74, 6) is 1.05.